The Morgan fingerprint density at radius 1 is 1.21 bits per heavy atom. The third-order valence-electron chi connectivity index (χ3n) is 7.79. The molecule has 1 aromatic carbocycles. The highest BCUT2D eigenvalue weighted by atomic mass is 35.5. The lowest BCUT2D eigenvalue weighted by molar-refractivity contribution is -0.128. The average molecular weight is 600 g/mol. The summed E-state index contributed by atoms with van der Waals surface area (Å²) < 4.78 is 16.7. The van der Waals surface area contributed by atoms with Crippen LogP contribution < -0.4 is 10.6 Å². The van der Waals surface area contributed by atoms with Crippen LogP contribution in [0.2, 0.25) is 5.02 Å². The second-order valence-electron chi connectivity index (χ2n) is 11.1. The topological polar surface area (TPSA) is 88.6 Å². The number of aryl methyl sites for hydroxylation is 1. The van der Waals surface area contributed by atoms with Gasteiger partial charge in [-0.2, -0.15) is 4.98 Å². The molecule has 0 unspecified atom stereocenters. The van der Waals surface area contributed by atoms with Crippen LogP contribution in [0.25, 0.3) is 32.8 Å². The van der Waals surface area contributed by atoms with Gasteiger partial charge in [0.05, 0.1) is 34.1 Å². The fourth-order valence-corrected chi connectivity index (χ4v) is 5.92. The van der Waals surface area contributed by atoms with Gasteiger partial charge in [0, 0.05) is 36.9 Å². The van der Waals surface area contributed by atoms with Crippen LogP contribution in [0.5, 0.6) is 0 Å². The van der Waals surface area contributed by atoms with Crippen molar-refractivity contribution >= 4 is 40.0 Å². The van der Waals surface area contributed by atoms with E-state index in [0.29, 0.717) is 35.7 Å². The lowest BCUT2D eigenvalue weighted by atomic mass is 10.0. The average Bonchev–Trinajstić information content (AvgIpc) is 2.97. The van der Waals surface area contributed by atoms with Gasteiger partial charge >= 0.3 is 5.69 Å². The molecule has 1 saturated heterocycles. The van der Waals surface area contributed by atoms with Gasteiger partial charge in [-0.25, -0.2) is 23.6 Å². The number of pyridine rings is 2. The van der Waals surface area contributed by atoms with Crippen molar-refractivity contribution in [3.63, 3.8) is 0 Å². The molecule has 1 aliphatic heterocycles. The number of rotatable bonds is 5. The number of fused-ring (bicyclic) bond motifs is 1. The number of carbonyl (C=O) groups excluding carboxylic acids is 1. The van der Waals surface area contributed by atoms with Gasteiger partial charge in [-0.3, -0.25) is 9.78 Å². The van der Waals surface area contributed by atoms with E-state index in [1.165, 1.54) is 28.8 Å². The summed E-state index contributed by atoms with van der Waals surface area (Å²) in [5.74, 6) is -0.513. The van der Waals surface area contributed by atoms with Crippen LogP contribution in [-0.2, 0) is 4.79 Å². The van der Waals surface area contributed by atoms with Crippen molar-refractivity contribution in [2.45, 2.75) is 52.6 Å². The summed E-state index contributed by atoms with van der Waals surface area (Å²) in [5, 5.41) is 0.568. The van der Waals surface area contributed by atoms with Crippen LogP contribution >= 0.6 is 11.6 Å². The predicted molar refractivity (Wildman–Crippen MR) is 167 cm³/mol. The third-order valence-corrected chi connectivity index (χ3v) is 8.08. The Labute approximate surface area is 254 Å². The zero-order valence-electron chi connectivity index (χ0n) is 24.6. The molecule has 4 heterocycles. The van der Waals surface area contributed by atoms with Gasteiger partial charge in [-0.15, -0.1) is 0 Å². The standard InChI is InChI=1S/C32H31ClFN7O2/c1-8-25(42)39-15-20(6)40(16-19(39)5)30-21-14-22(33)28(26-23(34)10-9-11-24(26)35-7)37-31(21)41(32(43)38-30)29-18(4)12-13-36-27(29)17(2)3/h8-14,17,19-20H,1,15-16H2,2-6H3/t19-,20+/m1/s1. The van der Waals surface area contributed by atoms with Gasteiger partial charge in [-0.05, 0) is 56.5 Å². The molecule has 5 rings (SSSR count). The molecule has 4 aromatic rings. The molecule has 1 fully saturated rings. The number of amides is 1. The van der Waals surface area contributed by atoms with Crippen LogP contribution in [0.3, 0.4) is 0 Å². The molecular weight excluding hydrogens is 569 g/mol. The van der Waals surface area contributed by atoms with E-state index in [0.717, 1.165) is 5.56 Å². The van der Waals surface area contributed by atoms with E-state index in [1.54, 1.807) is 23.2 Å². The van der Waals surface area contributed by atoms with E-state index in [9.17, 15) is 9.59 Å². The van der Waals surface area contributed by atoms with E-state index in [2.05, 4.69) is 21.4 Å². The van der Waals surface area contributed by atoms with Crippen LogP contribution in [0.15, 0.2) is 54.0 Å². The summed E-state index contributed by atoms with van der Waals surface area (Å²) in [4.78, 5) is 47.7. The first-order chi connectivity index (χ1) is 20.5. The molecule has 9 nitrogen and oxygen atoms in total. The van der Waals surface area contributed by atoms with Gasteiger partial charge < -0.3 is 9.80 Å². The maximum absolute atomic E-state index is 15.3. The Morgan fingerprint density at radius 3 is 2.63 bits per heavy atom. The Hall–Kier alpha value is -4.62. The van der Waals surface area contributed by atoms with Crippen molar-refractivity contribution in [2.75, 3.05) is 18.0 Å². The Balaban J connectivity index is 1.86. The summed E-state index contributed by atoms with van der Waals surface area (Å²) in [6, 6.07) is 7.20. The van der Waals surface area contributed by atoms with Gasteiger partial charge in [0.2, 0.25) is 5.91 Å². The van der Waals surface area contributed by atoms with Crippen molar-refractivity contribution in [1.82, 2.24) is 24.4 Å². The van der Waals surface area contributed by atoms with E-state index in [4.69, 9.17) is 23.2 Å². The summed E-state index contributed by atoms with van der Waals surface area (Å²) in [7, 11) is 0. The maximum Gasteiger partial charge on any atom is 0.355 e. The number of nitrogens with zero attached hydrogens (tertiary/aromatic N) is 7. The highest BCUT2D eigenvalue weighted by Crippen LogP contribution is 2.40. The number of benzene rings is 1. The van der Waals surface area contributed by atoms with Crippen molar-refractivity contribution < 1.29 is 9.18 Å². The molecule has 0 spiro atoms. The smallest absolute Gasteiger partial charge is 0.349 e. The molecule has 0 saturated carbocycles. The lowest BCUT2D eigenvalue weighted by Crippen LogP contribution is -2.58. The number of anilines is 1. The Kier molecular flexibility index (Phi) is 8.04. The molecule has 1 amide bonds. The SMILES string of the molecule is [C-]#[N+]c1cccc(F)c1-c1nc2c(cc1Cl)c(N1C[C@@H](C)N(C(=O)C=C)C[C@@H]1C)nc(=O)n2-c1c(C)ccnc1C(C)C. The third kappa shape index (κ3) is 5.14. The Bertz CT molecular complexity index is 1880. The highest BCUT2D eigenvalue weighted by molar-refractivity contribution is 6.34. The number of halogens is 2. The van der Waals surface area contributed by atoms with Crippen molar-refractivity contribution in [3.8, 4) is 16.9 Å². The maximum atomic E-state index is 15.3. The molecule has 43 heavy (non-hydrogen) atoms. The van der Waals surface area contributed by atoms with E-state index in [1.807, 2.05) is 39.5 Å². The second-order valence-corrected chi connectivity index (χ2v) is 11.5. The van der Waals surface area contributed by atoms with Crippen LogP contribution in [0, 0.1) is 19.3 Å². The minimum Gasteiger partial charge on any atom is -0.349 e. The van der Waals surface area contributed by atoms with Crippen molar-refractivity contribution in [1.29, 1.82) is 0 Å². The van der Waals surface area contributed by atoms with Gasteiger partial charge in [0.25, 0.3) is 0 Å². The monoisotopic (exact) mass is 599 g/mol. The Morgan fingerprint density at radius 2 is 1.95 bits per heavy atom. The summed E-state index contributed by atoms with van der Waals surface area (Å²) in [5.41, 5.74) is 1.63. The van der Waals surface area contributed by atoms with Gasteiger partial charge in [0.1, 0.15) is 11.6 Å². The molecule has 3 aromatic heterocycles. The molecule has 2 atom stereocenters. The van der Waals surface area contributed by atoms with Crippen LogP contribution in [-0.4, -0.2) is 55.5 Å². The van der Waals surface area contributed by atoms with E-state index >= 15 is 4.39 Å². The molecule has 11 heteroatoms. The van der Waals surface area contributed by atoms with Gasteiger partial charge in [-0.1, -0.05) is 44.2 Å². The molecule has 0 aliphatic carbocycles. The molecule has 0 radical (unpaired) electrons. The summed E-state index contributed by atoms with van der Waals surface area (Å²) >= 11 is 6.81. The fraction of sp³-hybridized carbons (Fsp3) is 0.312. The largest absolute Gasteiger partial charge is 0.355 e. The number of carbonyl (C=O) groups is 1. The van der Waals surface area contributed by atoms with Crippen molar-refractivity contribution in [3.05, 3.63) is 93.2 Å². The molecule has 0 bridgehead atoms. The normalized spacial score (nSPS) is 16.9. The summed E-state index contributed by atoms with van der Waals surface area (Å²) in [6.45, 7) is 21.7. The van der Waals surface area contributed by atoms with E-state index < -0.39 is 11.5 Å². The molecule has 0 N–H and O–H groups in total. The molecule has 220 valence electrons. The first-order valence-electron chi connectivity index (χ1n) is 13.9. The minimum absolute atomic E-state index is 0.0408. The zero-order valence-corrected chi connectivity index (χ0v) is 25.4. The number of aromatic nitrogens is 4. The predicted octanol–water partition coefficient (Wildman–Crippen LogP) is 6.23. The number of hydrogen-bond donors (Lipinski definition) is 0. The quantitative estimate of drug-likeness (QED) is 0.200. The summed E-state index contributed by atoms with van der Waals surface area (Å²) in [6.07, 6.45) is 2.98. The number of piperazine rings is 1. The van der Waals surface area contributed by atoms with Crippen LogP contribution in [0.4, 0.5) is 15.9 Å². The van der Waals surface area contributed by atoms with Gasteiger partial charge in [0.15, 0.2) is 11.3 Å². The fourth-order valence-electron chi connectivity index (χ4n) is 5.67. The second kappa shape index (κ2) is 11.6. The zero-order chi connectivity index (χ0) is 31.2. The van der Waals surface area contributed by atoms with Crippen LogP contribution in [0.1, 0.15) is 44.9 Å². The van der Waals surface area contributed by atoms with Crippen molar-refractivity contribution in [2.24, 2.45) is 0 Å². The minimum atomic E-state index is -0.656. The first-order valence-corrected chi connectivity index (χ1v) is 14.3. The lowest BCUT2D eigenvalue weighted by Gasteiger charge is -2.44. The van der Waals surface area contributed by atoms with E-state index in [-0.39, 0.29) is 51.5 Å². The molecular formula is C32H31ClFN7O2. The molecule has 1 aliphatic rings. The number of hydrogen-bond acceptors (Lipinski definition) is 6. The highest BCUT2D eigenvalue weighted by Gasteiger charge is 2.34. The first kappa shape index (κ1) is 29.9.